The Bertz CT molecular complexity index is 630. The summed E-state index contributed by atoms with van der Waals surface area (Å²) in [6.07, 6.45) is -3.00. The lowest BCUT2D eigenvalue weighted by Crippen LogP contribution is -2.08. The van der Waals surface area contributed by atoms with Gasteiger partial charge in [0.05, 0.1) is 16.9 Å². The second-order valence-corrected chi connectivity index (χ2v) is 4.74. The Morgan fingerprint density at radius 3 is 2.43 bits per heavy atom. The van der Waals surface area contributed by atoms with Gasteiger partial charge in [-0.15, -0.1) is 0 Å². The van der Waals surface area contributed by atoms with Crippen molar-refractivity contribution in [3.8, 4) is 5.69 Å². The number of nitrogens with two attached hydrogens (primary N) is 1. The highest BCUT2D eigenvalue weighted by Crippen LogP contribution is 2.31. The maximum absolute atomic E-state index is 12.8. The van der Waals surface area contributed by atoms with E-state index in [1.54, 1.807) is 10.7 Å². The first-order valence-electron chi connectivity index (χ1n) is 6.89. The minimum absolute atomic E-state index is 0.339. The summed E-state index contributed by atoms with van der Waals surface area (Å²) in [5.41, 5.74) is 8.13. The predicted octanol–water partition coefficient (Wildman–Crippen LogP) is 3.47. The van der Waals surface area contributed by atoms with E-state index in [4.69, 9.17) is 5.73 Å². The number of aryl methyl sites for hydroxylation is 1. The van der Waals surface area contributed by atoms with Crippen molar-refractivity contribution in [1.29, 1.82) is 0 Å². The summed E-state index contributed by atoms with van der Waals surface area (Å²) in [4.78, 5) is 0. The molecule has 1 aromatic heterocycles. The van der Waals surface area contributed by atoms with E-state index in [0.717, 1.165) is 29.1 Å². The van der Waals surface area contributed by atoms with Gasteiger partial charge in [-0.1, -0.05) is 19.9 Å². The molecule has 0 saturated carbocycles. The Kier molecular flexibility index (Phi) is 4.37. The first kappa shape index (κ1) is 15.6. The third-order valence-electron chi connectivity index (χ3n) is 3.47. The van der Waals surface area contributed by atoms with Gasteiger partial charge in [0, 0.05) is 17.8 Å². The molecule has 3 nitrogen and oxygen atoms in total. The fraction of sp³-hybridized carbons (Fsp3) is 0.400. The van der Waals surface area contributed by atoms with Gasteiger partial charge in [-0.05, 0) is 31.0 Å². The number of benzene rings is 1. The first-order valence-corrected chi connectivity index (χ1v) is 6.89. The molecule has 2 N–H and O–H groups in total. The largest absolute Gasteiger partial charge is 0.416 e. The summed E-state index contributed by atoms with van der Waals surface area (Å²) in [5, 5.41) is 4.43. The Morgan fingerprint density at radius 2 is 1.90 bits per heavy atom. The van der Waals surface area contributed by atoms with Crippen molar-refractivity contribution in [2.24, 2.45) is 5.73 Å². The van der Waals surface area contributed by atoms with E-state index < -0.39 is 11.7 Å². The van der Waals surface area contributed by atoms with Crippen LogP contribution >= 0.6 is 0 Å². The van der Waals surface area contributed by atoms with E-state index in [1.165, 1.54) is 6.07 Å². The summed E-state index contributed by atoms with van der Waals surface area (Å²) >= 11 is 0. The lowest BCUT2D eigenvalue weighted by Gasteiger charge is -2.11. The molecular weight excluding hydrogens is 279 g/mol. The van der Waals surface area contributed by atoms with Crippen LogP contribution < -0.4 is 5.73 Å². The van der Waals surface area contributed by atoms with Crippen LogP contribution in [0.1, 0.15) is 36.4 Å². The molecular formula is C15H18F3N3. The molecule has 0 atom stereocenters. The molecule has 1 heterocycles. The fourth-order valence-corrected chi connectivity index (χ4v) is 2.45. The normalized spacial score (nSPS) is 11.9. The summed E-state index contributed by atoms with van der Waals surface area (Å²) in [5.74, 6) is 0. The van der Waals surface area contributed by atoms with Crippen molar-refractivity contribution in [2.45, 2.75) is 39.4 Å². The molecule has 0 radical (unpaired) electrons. The van der Waals surface area contributed by atoms with Crippen LogP contribution in [0.4, 0.5) is 13.2 Å². The molecule has 0 aliphatic heterocycles. The highest BCUT2D eigenvalue weighted by atomic mass is 19.4. The van der Waals surface area contributed by atoms with Crippen molar-refractivity contribution in [2.75, 3.05) is 0 Å². The topological polar surface area (TPSA) is 43.8 Å². The van der Waals surface area contributed by atoms with Crippen molar-refractivity contribution in [1.82, 2.24) is 9.78 Å². The molecule has 2 rings (SSSR count). The van der Waals surface area contributed by atoms with Gasteiger partial charge in [-0.25, -0.2) is 4.68 Å². The van der Waals surface area contributed by atoms with Crippen LogP contribution in [0.15, 0.2) is 24.3 Å². The average molecular weight is 297 g/mol. The summed E-state index contributed by atoms with van der Waals surface area (Å²) in [6.45, 7) is 4.24. The third kappa shape index (κ3) is 2.95. The van der Waals surface area contributed by atoms with Gasteiger partial charge >= 0.3 is 6.18 Å². The zero-order chi connectivity index (χ0) is 15.6. The van der Waals surface area contributed by atoms with Gasteiger partial charge in [0.25, 0.3) is 0 Å². The second-order valence-electron chi connectivity index (χ2n) is 4.74. The molecule has 0 fully saturated rings. The molecule has 0 amide bonds. The average Bonchev–Trinajstić information content (AvgIpc) is 2.84. The molecule has 0 aliphatic rings. The lowest BCUT2D eigenvalue weighted by molar-refractivity contribution is -0.137. The van der Waals surface area contributed by atoms with Crippen LogP contribution in [0.3, 0.4) is 0 Å². The van der Waals surface area contributed by atoms with Crippen LogP contribution in [-0.4, -0.2) is 9.78 Å². The Labute approximate surface area is 121 Å². The van der Waals surface area contributed by atoms with Crippen LogP contribution in [0.2, 0.25) is 0 Å². The van der Waals surface area contributed by atoms with Crippen molar-refractivity contribution < 1.29 is 13.2 Å². The maximum atomic E-state index is 12.8. The molecule has 21 heavy (non-hydrogen) atoms. The van der Waals surface area contributed by atoms with Gasteiger partial charge in [-0.2, -0.15) is 18.3 Å². The number of alkyl halides is 3. The van der Waals surface area contributed by atoms with Gasteiger partial charge in [0.15, 0.2) is 0 Å². The van der Waals surface area contributed by atoms with Crippen molar-refractivity contribution in [3.63, 3.8) is 0 Å². The number of nitrogens with zero attached hydrogens (tertiary/aromatic N) is 2. The fourth-order valence-electron chi connectivity index (χ4n) is 2.45. The number of rotatable bonds is 4. The standard InChI is InChI=1S/C15H18F3N3/c1-3-13-12(9-19)14(4-2)21(20-13)11-7-5-6-10(8-11)15(16,17)18/h5-8H,3-4,9,19H2,1-2H3. The van der Waals surface area contributed by atoms with Crippen LogP contribution in [0, 0.1) is 0 Å². The predicted molar refractivity (Wildman–Crippen MR) is 75.2 cm³/mol. The lowest BCUT2D eigenvalue weighted by atomic mass is 10.1. The molecule has 1 aromatic carbocycles. The second kappa shape index (κ2) is 5.89. The van der Waals surface area contributed by atoms with Gasteiger partial charge in [0.2, 0.25) is 0 Å². The smallest absolute Gasteiger partial charge is 0.326 e. The SMILES string of the molecule is CCc1nn(-c2cccc(C(F)(F)F)c2)c(CC)c1CN. The molecule has 2 aromatic rings. The number of aromatic nitrogens is 2. The molecule has 0 aliphatic carbocycles. The van der Waals surface area contributed by atoms with E-state index in [-0.39, 0.29) is 0 Å². The van der Waals surface area contributed by atoms with E-state index in [9.17, 15) is 13.2 Å². The molecule has 0 bridgehead atoms. The van der Waals surface area contributed by atoms with Crippen LogP contribution in [0.5, 0.6) is 0 Å². The quantitative estimate of drug-likeness (QED) is 0.939. The third-order valence-corrected chi connectivity index (χ3v) is 3.47. The summed E-state index contributed by atoms with van der Waals surface area (Å²) in [7, 11) is 0. The van der Waals surface area contributed by atoms with E-state index in [1.807, 2.05) is 13.8 Å². The zero-order valence-corrected chi connectivity index (χ0v) is 12.0. The molecule has 6 heteroatoms. The first-order chi connectivity index (χ1) is 9.92. The Morgan fingerprint density at radius 1 is 1.19 bits per heavy atom. The zero-order valence-electron chi connectivity index (χ0n) is 12.0. The number of hydrogen-bond acceptors (Lipinski definition) is 2. The number of hydrogen-bond donors (Lipinski definition) is 1. The van der Waals surface area contributed by atoms with Crippen LogP contribution in [0.25, 0.3) is 5.69 Å². The Hall–Kier alpha value is -1.82. The van der Waals surface area contributed by atoms with Gasteiger partial charge < -0.3 is 5.73 Å². The minimum Gasteiger partial charge on any atom is -0.326 e. The highest BCUT2D eigenvalue weighted by Gasteiger charge is 2.30. The molecule has 0 saturated heterocycles. The van der Waals surface area contributed by atoms with E-state index >= 15 is 0 Å². The van der Waals surface area contributed by atoms with Crippen molar-refractivity contribution >= 4 is 0 Å². The highest BCUT2D eigenvalue weighted by molar-refractivity contribution is 5.41. The Balaban J connectivity index is 2.59. The van der Waals surface area contributed by atoms with Crippen molar-refractivity contribution in [3.05, 3.63) is 46.8 Å². The minimum atomic E-state index is -4.36. The van der Waals surface area contributed by atoms with Gasteiger partial charge in [-0.3, -0.25) is 0 Å². The molecule has 114 valence electrons. The van der Waals surface area contributed by atoms with E-state index in [2.05, 4.69) is 5.10 Å². The number of halogens is 3. The van der Waals surface area contributed by atoms with Gasteiger partial charge in [0.1, 0.15) is 0 Å². The summed E-state index contributed by atoms with van der Waals surface area (Å²) in [6, 6.07) is 5.20. The molecule has 0 unspecified atom stereocenters. The maximum Gasteiger partial charge on any atom is 0.416 e. The van der Waals surface area contributed by atoms with E-state index in [0.29, 0.717) is 25.1 Å². The van der Waals surface area contributed by atoms with Crippen LogP contribution in [-0.2, 0) is 25.6 Å². The molecule has 0 spiro atoms. The monoisotopic (exact) mass is 297 g/mol. The summed E-state index contributed by atoms with van der Waals surface area (Å²) < 4.78 is 40.1.